The maximum absolute atomic E-state index is 14.9. The molecule has 5 nitrogen and oxygen atoms in total. The molecule has 1 amide bonds. The van der Waals surface area contributed by atoms with Crippen LogP contribution in [-0.2, 0) is 4.79 Å². The summed E-state index contributed by atoms with van der Waals surface area (Å²) in [7, 11) is 0. The maximum Gasteiger partial charge on any atom is 0.337 e. The Morgan fingerprint density at radius 2 is 1.93 bits per heavy atom. The van der Waals surface area contributed by atoms with Gasteiger partial charge in [-0.05, 0) is 42.3 Å². The normalized spacial score (nSPS) is 20.8. The number of halogens is 2. The number of allylic oxidation sites excluding steroid dienone is 2. The number of hydrogen-bond donors (Lipinski definition) is 3. The molecule has 0 aromatic heterocycles. The number of nitrogens with one attached hydrogen (secondary N) is 2. The lowest BCUT2D eigenvalue weighted by Crippen LogP contribution is -2.47. The minimum Gasteiger partial charge on any atom is -0.478 e. The van der Waals surface area contributed by atoms with Crippen LogP contribution in [-0.4, -0.2) is 35.2 Å². The van der Waals surface area contributed by atoms with Crippen LogP contribution in [0, 0.1) is 0 Å². The van der Waals surface area contributed by atoms with Gasteiger partial charge in [0.2, 0.25) is 5.91 Å². The molecule has 0 saturated carbocycles. The van der Waals surface area contributed by atoms with Crippen molar-refractivity contribution in [3.05, 3.63) is 82.9 Å². The highest BCUT2D eigenvalue weighted by atomic mass is 35.5. The SMILES string of the molecule is CC1(F)C=CC(c2ccccc2)=CC1NCC(=O)Nc1ccc(Cl)cc1C(=O)O. The zero-order valence-corrected chi connectivity index (χ0v) is 16.4. The number of rotatable bonds is 6. The second kappa shape index (κ2) is 8.59. The van der Waals surface area contributed by atoms with Crippen LogP contribution in [0.1, 0.15) is 22.8 Å². The van der Waals surface area contributed by atoms with Gasteiger partial charge < -0.3 is 10.4 Å². The first-order chi connectivity index (χ1) is 13.8. The van der Waals surface area contributed by atoms with Gasteiger partial charge in [0.1, 0.15) is 5.67 Å². The molecule has 2 aromatic rings. The fourth-order valence-corrected chi connectivity index (χ4v) is 3.21. The molecule has 3 N–H and O–H groups in total. The molecule has 29 heavy (non-hydrogen) atoms. The van der Waals surface area contributed by atoms with Gasteiger partial charge in [0, 0.05) is 5.02 Å². The number of carboxylic acid groups (broad SMARTS) is 1. The van der Waals surface area contributed by atoms with Crippen LogP contribution in [0.5, 0.6) is 0 Å². The topological polar surface area (TPSA) is 78.4 Å². The van der Waals surface area contributed by atoms with Gasteiger partial charge in [-0.1, -0.05) is 54.1 Å². The third-order valence-electron chi connectivity index (χ3n) is 4.62. The number of anilines is 1. The van der Waals surface area contributed by atoms with Gasteiger partial charge in [0.15, 0.2) is 0 Å². The summed E-state index contributed by atoms with van der Waals surface area (Å²) in [5.41, 5.74) is 0.131. The third-order valence-corrected chi connectivity index (χ3v) is 4.85. The minimum atomic E-state index is -1.68. The van der Waals surface area contributed by atoms with E-state index in [4.69, 9.17) is 11.6 Å². The number of aromatic carboxylic acids is 1. The van der Waals surface area contributed by atoms with E-state index in [1.165, 1.54) is 31.2 Å². The summed E-state index contributed by atoms with van der Waals surface area (Å²) in [4.78, 5) is 23.6. The summed E-state index contributed by atoms with van der Waals surface area (Å²) in [6.07, 6.45) is 4.93. The average molecular weight is 415 g/mol. The van der Waals surface area contributed by atoms with Crippen molar-refractivity contribution >= 4 is 34.7 Å². The Kier molecular flexibility index (Phi) is 6.15. The van der Waals surface area contributed by atoms with Gasteiger partial charge >= 0.3 is 5.97 Å². The van der Waals surface area contributed by atoms with Crippen molar-refractivity contribution < 1.29 is 19.1 Å². The Morgan fingerprint density at radius 1 is 1.21 bits per heavy atom. The van der Waals surface area contributed by atoms with Crippen molar-refractivity contribution in [2.24, 2.45) is 0 Å². The highest BCUT2D eigenvalue weighted by Gasteiger charge is 2.33. The Bertz CT molecular complexity index is 987. The fourth-order valence-electron chi connectivity index (χ4n) is 3.04. The molecule has 0 radical (unpaired) electrons. The lowest BCUT2D eigenvalue weighted by molar-refractivity contribution is -0.115. The van der Waals surface area contributed by atoms with Gasteiger partial charge in [-0.2, -0.15) is 0 Å². The van der Waals surface area contributed by atoms with Crippen molar-refractivity contribution in [2.75, 3.05) is 11.9 Å². The monoisotopic (exact) mass is 414 g/mol. The number of hydrogen-bond acceptors (Lipinski definition) is 3. The predicted octanol–water partition coefficient (Wildman–Crippen LogP) is 4.32. The summed E-state index contributed by atoms with van der Waals surface area (Å²) in [5, 5.41) is 14.9. The molecule has 0 spiro atoms. The molecule has 1 aliphatic rings. The zero-order valence-electron chi connectivity index (χ0n) is 15.7. The van der Waals surface area contributed by atoms with E-state index < -0.39 is 23.6 Å². The summed E-state index contributed by atoms with van der Waals surface area (Å²) in [5.74, 6) is -1.70. The first-order valence-corrected chi connectivity index (χ1v) is 9.35. The minimum absolute atomic E-state index is 0.118. The molecular weight excluding hydrogens is 395 g/mol. The molecule has 2 atom stereocenters. The first kappa shape index (κ1) is 20.8. The van der Waals surface area contributed by atoms with Crippen LogP contribution in [0.3, 0.4) is 0 Å². The number of carboxylic acids is 1. The van der Waals surface area contributed by atoms with Crippen LogP contribution < -0.4 is 10.6 Å². The average Bonchev–Trinajstić information content (AvgIpc) is 2.69. The largest absolute Gasteiger partial charge is 0.478 e. The lowest BCUT2D eigenvalue weighted by Gasteiger charge is -2.30. The molecule has 2 aromatic carbocycles. The molecule has 0 heterocycles. The molecule has 0 aliphatic heterocycles. The molecule has 0 fully saturated rings. The van der Waals surface area contributed by atoms with Crippen LogP contribution in [0.2, 0.25) is 5.02 Å². The van der Waals surface area contributed by atoms with E-state index in [0.717, 1.165) is 11.1 Å². The van der Waals surface area contributed by atoms with Crippen LogP contribution >= 0.6 is 11.6 Å². The van der Waals surface area contributed by atoms with Gasteiger partial charge in [-0.25, -0.2) is 9.18 Å². The van der Waals surface area contributed by atoms with Gasteiger partial charge in [0.05, 0.1) is 23.8 Å². The van der Waals surface area contributed by atoms with E-state index in [0.29, 0.717) is 0 Å². The van der Waals surface area contributed by atoms with Crippen molar-refractivity contribution in [3.63, 3.8) is 0 Å². The van der Waals surface area contributed by atoms with E-state index in [2.05, 4.69) is 10.6 Å². The highest BCUT2D eigenvalue weighted by Crippen LogP contribution is 2.29. The number of carbonyl (C=O) groups is 2. The molecule has 1 aliphatic carbocycles. The molecule has 0 saturated heterocycles. The molecule has 150 valence electrons. The summed E-state index contributed by atoms with van der Waals surface area (Å²) in [6.45, 7) is 1.23. The van der Waals surface area contributed by atoms with Gasteiger partial charge in [-0.3, -0.25) is 10.1 Å². The van der Waals surface area contributed by atoms with Crippen molar-refractivity contribution in [1.29, 1.82) is 0 Å². The van der Waals surface area contributed by atoms with E-state index >= 15 is 0 Å². The fraction of sp³-hybridized carbons (Fsp3) is 0.182. The standard InChI is InChI=1S/C22H20ClFN2O3/c1-22(24)10-9-15(14-5-3-2-4-6-14)11-19(22)25-13-20(27)26-18-8-7-16(23)12-17(18)21(28)29/h2-12,19,25H,13H2,1H3,(H,26,27)(H,28,29). The quantitative estimate of drug-likeness (QED) is 0.658. The molecular formula is C22H20ClFN2O3. The lowest BCUT2D eigenvalue weighted by atomic mass is 9.88. The van der Waals surface area contributed by atoms with E-state index in [-0.39, 0.29) is 22.8 Å². The summed E-state index contributed by atoms with van der Waals surface area (Å²) in [6, 6.07) is 13.0. The zero-order chi connectivity index (χ0) is 21.0. The van der Waals surface area contributed by atoms with E-state index in [1.54, 1.807) is 12.2 Å². The van der Waals surface area contributed by atoms with E-state index in [9.17, 15) is 19.1 Å². The Morgan fingerprint density at radius 3 is 2.62 bits per heavy atom. The van der Waals surface area contributed by atoms with Gasteiger partial charge in [0.25, 0.3) is 0 Å². The Balaban J connectivity index is 1.70. The van der Waals surface area contributed by atoms with Crippen molar-refractivity contribution in [2.45, 2.75) is 18.6 Å². The molecule has 3 rings (SSSR count). The number of benzene rings is 2. The predicted molar refractivity (Wildman–Crippen MR) is 112 cm³/mol. The van der Waals surface area contributed by atoms with Crippen LogP contribution in [0.15, 0.2) is 66.8 Å². The van der Waals surface area contributed by atoms with Crippen molar-refractivity contribution in [1.82, 2.24) is 5.32 Å². The smallest absolute Gasteiger partial charge is 0.337 e. The Labute approximate surface area is 172 Å². The van der Waals surface area contributed by atoms with E-state index in [1.807, 2.05) is 30.3 Å². The summed E-state index contributed by atoms with van der Waals surface area (Å²) < 4.78 is 14.9. The highest BCUT2D eigenvalue weighted by molar-refractivity contribution is 6.31. The second-order valence-corrected chi connectivity index (χ2v) is 7.31. The summed E-state index contributed by atoms with van der Waals surface area (Å²) >= 11 is 5.81. The maximum atomic E-state index is 14.9. The Hall–Kier alpha value is -2.96. The number of carbonyl (C=O) groups excluding carboxylic acids is 1. The molecule has 2 unspecified atom stereocenters. The van der Waals surface area contributed by atoms with Gasteiger partial charge in [-0.15, -0.1) is 0 Å². The molecule has 7 heteroatoms. The first-order valence-electron chi connectivity index (χ1n) is 8.98. The van der Waals surface area contributed by atoms with Crippen LogP contribution in [0.4, 0.5) is 10.1 Å². The van der Waals surface area contributed by atoms with Crippen molar-refractivity contribution in [3.8, 4) is 0 Å². The number of alkyl halides is 1. The molecule has 0 bridgehead atoms. The number of amides is 1. The second-order valence-electron chi connectivity index (χ2n) is 6.87. The van der Waals surface area contributed by atoms with Crippen LogP contribution in [0.25, 0.3) is 5.57 Å². The third kappa shape index (κ3) is 5.10.